The van der Waals surface area contributed by atoms with Gasteiger partial charge in [0.05, 0.1) is 30.0 Å². The molecule has 0 radical (unpaired) electrons. The molecule has 1 aromatic carbocycles. The van der Waals surface area contributed by atoms with Crippen LogP contribution in [0.5, 0.6) is 0 Å². The van der Waals surface area contributed by atoms with Crippen LogP contribution in [0.1, 0.15) is 17.9 Å². The maximum Gasteiger partial charge on any atom is 0.234 e. The van der Waals surface area contributed by atoms with Gasteiger partial charge >= 0.3 is 0 Å². The molecule has 2 heterocycles. The van der Waals surface area contributed by atoms with Crippen molar-refractivity contribution in [2.24, 2.45) is 0 Å². The van der Waals surface area contributed by atoms with E-state index in [0.29, 0.717) is 12.2 Å². The molecule has 6 heteroatoms. The van der Waals surface area contributed by atoms with E-state index in [-0.39, 0.29) is 30.4 Å². The zero-order chi connectivity index (χ0) is 13.4. The Morgan fingerprint density at radius 2 is 2.21 bits per heavy atom. The summed E-state index contributed by atoms with van der Waals surface area (Å²) in [5.41, 5.74) is 1.66. The van der Waals surface area contributed by atoms with Crippen molar-refractivity contribution in [2.45, 2.75) is 23.3 Å². The maximum atomic E-state index is 11.9. The van der Waals surface area contributed by atoms with Crippen LogP contribution in [0.15, 0.2) is 23.1 Å². The monoisotopic (exact) mass is 278 g/mol. The van der Waals surface area contributed by atoms with Crippen molar-refractivity contribution < 1.29 is 14.7 Å². The zero-order valence-corrected chi connectivity index (χ0v) is 11.0. The third-order valence-electron chi connectivity index (χ3n) is 3.44. The predicted molar refractivity (Wildman–Crippen MR) is 72.2 cm³/mol. The van der Waals surface area contributed by atoms with Crippen LogP contribution in [0.25, 0.3) is 0 Å². The molecule has 1 saturated heterocycles. The van der Waals surface area contributed by atoms with Crippen LogP contribution < -0.4 is 10.6 Å². The fourth-order valence-corrected chi connectivity index (χ4v) is 3.27. The number of carbonyl (C=O) groups is 2. The van der Waals surface area contributed by atoms with Crippen LogP contribution in [0.3, 0.4) is 0 Å². The summed E-state index contributed by atoms with van der Waals surface area (Å²) in [7, 11) is 0. The number of amides is 2. The second-order valence-corrected chi connectivity index (χ2v) is 5.79. The van der Waals surface area contributed by atoms with Crippen molar-refractivity contribution in [3.8, 4) is 0 Å². The van der Waals surface area contributed by atoms with E-state index < -0.39 is 0 Å². The summed E-state index contributed by atoms with van der Waals surface area (Å²) in [4.78, 5) is 24.3. The van der Waals surface area contributed by atoms with E-state index >= 15 is 0 Å². The molecule has 0 bridgehead atoms. The van der Waals surface area contributed by atoms with Crippen LogP contribution in [0.2, 0.25) is 0 Å². The average molecular weight is 278 g/mol. The lowest BCUT2D eigenvalue weighted by Gasteiger charge is -2.18. The van der Waals surface area contributed by atoms with Crippen LogP contribution in [0, 0.1) is 0 Å². The summed E-state index contributed by atoms with van der Waals surface area (Å²) in [6.07, 6.45) is 0.592. The summed E-state index contributed by atoms with van der Waals surface area (Å²) in [6.45, 7) is -0.0419. The fraction of sp³-hybridized carbons (Fsp3) is 0.385. The maximum absolute atomic E-state index is 11.9. The Bertz CT molecular complexity index is 547. The summed E-state index contributed by atoms with van der Waals surface area (Å²) in [5.74, 6) is 0.113. The van der Waals surface area contributed by atoms with E-state index in [2.05, 4.69) is 10.6 Å². The summed E-state index contributed by atoms with van der Waals surface area (Å²) < 4.78 is 0. The molecule has 0 spiro atoms. The summed E-state index contributed by atoms with van der Waals surface area (Å²) >= 11 is 1.50. The van der Waals surface area contributed by atoms with Gasteiger partial charge in [0.25, 0.3) is 0 Å². The molecule has 2 amide bonds. The lowest BCUT2D eigenvalue weighted by atomic mass is 9.95. The topological polar surface area (TPSA) is 78.4 Å². The van der Waals surface area contributed by atoms with Crippen molar-refractivity contribution in [1.29, 1.82) is 0 Å². The minimum Gasteiger partial charge on any atom is -0.394 e. The molecular formula is C13H14N2O3S. The molecule has 2 aliphatic heterocycles. The van der Waals surface area contributed by atoms with Crippen molar-refractivity contribution >= 4 is 29.3 Å². The minimum atomic E-state index is -0.244. The predicted octanol–water partition coefficient (Wildman–Crippen LogP) is 0.695. The number of benzene rings is 1. The van der Waals surface area contributed by atoms with Gasteiger partial charge in [0.2, 0.25) is 11.8 Å². The average Bonchev–Trinajstić information content (AvgIpc) is 2.79. The van der Waals surface area contributed by atoms with E-state index in [4.69, 9.17) is 5.11 Å². The van der Waals surface area contributed by atoms with Gasteiger partial charge in [-0.15, -0.1) is 11.8 Å². The second-order valence-electron chi connectivity index (χ2n) is 4.77. The van der Waals surface area contributed by atoms with Gasteiger partial charge in [0, 0.05) is 4.90 Å². The number of rotatable bonds is 2. The third kappa shape index (κ3) is 2.33. The fourth-order valence-electron chi connectivity index (χ4n) is 2.48. The molecule has 100 valence electrons. The van der Waals surface area contributed by atoms with Crippen molar-refractivity contribution in [2.75, 3.05) is 17.7 Å². The van der Waals surface area contributed by atoms with Gasteiger partial charge in [-0.25, -0.2) is 0 Å². The Kier molecular flexibility index (Phi) is 3.20. The number of carbonyl (C=O) groups excluding carboxylic acids is 2. The first kappa shape index (κ1) is 12.5. The van der Waals surface area contributed by atoms with Gasteiger partial charge < -0.3 is 15.7 Å². The second kappa shape index (κ2) is 4.86. The molecule has 0 saturated carbocycles. The van der Waals surface area contributed by atoms with E-state index in [0.717, 1.165) is 16.1 Å². The first-order valence-electron chi connectivity index (χ1n) is 6.15. The van der Waals surface area contributed by atoms with Crippen LogP contribution in [0.4, 0.5) is 5.69 Å². The highest BCUT2D eigenvalue weighted by molar-refractivity contribution is 8.00. The van der Waals surface area contributed by atoms with E-state index in [9.17, 15) is 9.59 Å². The molecule has 1 fully saturated rings. The Balaban J connectivity index is 1.88. The summed E-state index contributed by atoms with van der Waals surface area (Å²) in [6, 6.07) is 5.56. The summed E-state index contributed by atoms with van der Waals surface area (Å²) in [5, 5.41) is 14.7. The number of thioether (sulfide) groups is 1. The molecule has 2 atom stereocenters. The molecular weight excluding hydrogens is 264 g/mol. The van der Waals surface area contributed by atoms with Gasteiger partial charge in [0.15, 0.2) is 0 Å². The lowest BCUT2D eigenvalue weighted by molar-refractivity contribution is -0.120. The molecule has 1 unspecified atom stereocenters. The molecule has 2 aliphatic rings. The van der Waals surface area contributed by atoms with Gasteiger partial charge in [-0.2, -0.15) is 0 Å². The molecule has 3 N–H and O–H groups in total. The van der Waals surface area contributed by atoms with Crippen molar-refractivity contribution in [1.82, 2.24) is 5.32 Å². The lowest BCUT2D eigenvalue weighted by Crippen LogP contribution is -2.28. The molecule has 0 aromatic heterocycles. The van der Waals surface area contributed by atoms with Gasteiger partial charge in [-0.3, -0.25) is 9.59 Å². The number of anilines is 1. The largest absolute Gasteiger partial charge is 0.394 e. The Hall–Kier alpha value is -1.53. The quantitative estimate of drug-likeness (QED) is 0.744. The number of hydrogen-bond acceptors (Lipinski definition) is 4. The SMILES string of the molecule is O=C1CSc2ccc([C@@H]3CC(CO)NC3=O)cc2N1. The van der Waals surface area contributed by atoms with Crippen LogP contribution >= 0.6 is 11.8 Å². The number of fused-ring (bicyclic) bond motifs is 1. The molecule has 1 aromatic rings. The number of hydrogen-bond donors (Lipinski definition) is 3. The highest BCUT2D eigenvalue weighted by Crippen LogP contribution is 2.35. The number of aliphatic hydroxyl groups excluding tert-OH is 1. The Labute approximate surface area is 114 Å². The highest BCUT2D eigenvalue weighted by Gasteiger charge is 2.33. The number of nitrogens with one attached hydrogen (secondary N) is 2. The zero-order valence-electron chi connectivity index (χ0n) is 10.2. The van der Waals surface area contributed by atoms with E-state index in [1.54, 1.807) is 0 Å². The molecule has 19 heavy (non-hydrogen) atoms. The van der Waals surface area contributed by atoms with Gasteiger partial charge in [0.1, 0.15) is 0 Å². The van der Waals surface area contributed by atoms with Gasteiger partial charge in [-0.1, -0.05) is 6.07 Å². The standard InChI is InChI=1S/C13H14N2O3S/c16-5-8-4-9(13(18)14-8)7-1-2-11-10(3-7)15-12(17)6-19-11/h1-3,8-9,16H,4-6H2,(H,14,18)(H,15,17)/t8?,9-/m0/s1. The molecule has 3 rings (SSSR count). The first-order valence-corrected chi connectivity index (χ1v) is 7.14. The van der Waals surface area contributed by atoms with Crippen molar-refractivity contribution in [3.05, 3.63) is 23.8 Å². The molecule has 0 aliphatic carbocycles. The Morgan fingerprint density at radius 1 is 1.37 bits per heavy atom. The molecule has 5 nitrogen and oxygen atoms in total. The smallest absolute Gasteiger partial charge is 0.234 e. The normalized spacial score (nSPS) is 25.7. The van der Waals surface area contributed by atoms with Gasteiger partial charge in [-0.05, 0) is 24.1 Å². The van der Waals surface area contributed by atoms with E-state index in [1.807, 2.05) is 18.2 Å². The van der Waals surface area contributed by atoms with Crippen molar-refractivity contribution in [3.63, 3.8) is 0 Å². The van der Waals surface area contributed by atoms with Crippen LogP contribution in [-0.2, 0) is 9.59 Å². The third-order valence-corrected chi connectivity index (χ3v) is 4.52. The minimum absolute atomic E-state index is 0.0150. The highest BCUT2D eigenvalue weighted by atomic mass is 32.2. The first-order chi connectivity index (χ1) is 9.17. The van der Waals surface area contributed by atoms with Crippen LogP contribution in [-0.4, -0.2) is 35.3 Å². The Morgan fingerprint density at radius 3 is 2.95 bits per heavy atom. The van der Waals surface area contributed by atoms with E-state index in [1.165, 1.54) is 11.8 Å². The number of aliphatic hydroxyl groups is 1.